The van der Waals surface area contributed by atoms with Crippen LogP contribution in [0.15, 0.2) is 18.2 Å². The standard InChI is InChI=1S/C13H15N3O/c1-10-7-12(4-3-11(10)8-14)16-6-5-15(2)13(17)9-16/h3-4,7H,5-6,9H2,1-2H3. The van der Waals surface area contributed by atoms with Crippen LogP contribution < -0.4 is 4.90 Å². The Bertz CT molecular complexity index is 490. The molecule has 4 heteroatoms. The van der Waals surface area contributed by atoms with Crippen molar-refractivity contribution in [1.29, 1.82) is 5.26 Å². The largest absolute Gasteiger partial charge is 0.360 e. The van der Waals surface area contributed by atoms with Crippen molar-refractivity contribution in [1.82, 2.24) is 4.90 Å². The molecule has 1 aliphatic rings. The highest BCUT2D eigenvalue weighted by Crippen LogP contribution is 2.20. The Labute approximate surface area is 101 Å². The molecular formula is C13H15N3O. The number of hydrogen-bond acceptors (Lipinski definition) is 3. The van der Waals surface area contributed by atoms with E-state index in [4.69, 9.17) is 5.26 Å². The maximum absolute atomic E-state index is 11.6. The van der Waals surface area contributed by atoms with Gasteiger partial charge in [0.05, 0.1) is 18.2 Å². The molecule has 2 rings (SSSR count). The third-order valence-electron chi connectivity index (χ3n) is 3.15. The summed E-state index contributed by atoms with van der Waals surface area (Å²) in [6.07, 6.45) is 0. The minimum Gasteiger partial charge on any atom is -0.360 e. The minimum absolute atomic E-state index is 0.137. The third kappa shape index (κ3) is 2.23. The van der Waals surface area contributed by atoms with Gasteiger partial charge in [-0.25, -0.2) is 0 Å². The van der Waals surface area contributed by atoms with E-state index in [9.17, 15) is 4.79 Å². The second kappa shape index (κ2) is 4.46. The number of hydrogen-bond donors (Lipinski definition) is 0. The number of anilines is 1. The number of carbonyl (C=O) groups excluding carboxylic acids is 1. The molecule has 1 saturated heterocycles. The van der Waals surface area contributed by atoms with Gasteiger partial charge in [-0.05, 0) is 30.7 Å². The lowest BCUT2D eigenvalue weighted by Crippen LogP contribution is -2.48. The van der Waals surface area contributed by atoms with Crippen molar-refractivity contribution >= 4 is 11.6 Å². The molecule has 1 aliphatic heterocycles. The number of likely N-dealkylation sites (N-methyl/N-ethyl adjacent to an activating group) is 1. The maximum atomic E-state index is 11.6. The molecule has 0 N–H and O–H groups in total. The van der Waals surface area contributed by atoms with E-state index in [0.717, 1.165) is 24.3 Å². The molecule has 0 aliphatic carbocycles. The molecule has 0 spiro atoms. The average molecular weight is 229 g/mol. The fourth-order valence-corrected chi connectivity index (χ4v) is 1.95. The third-order valence-corrected chi connectivity index (χ3v) is 3.15. The van der Waals surface area contributed by atoms with Crippen molar-refractivity contribution < 1.29 is 4.79 Å². The molecule has 0 aromatic heterocycles. The van der Waals surface area contributed by atoms with Gasteiger partial charge >= 0.3 is 0 Å². The number of aryl methyl sites for hydroxylation is 1. The van der Waals surface area contributed by atoms with Crippen LogP contribution in [0.1, 0.15) is 11.1 Å². The van der Waals surface area contributed by atoms with Crippen molar-refractivity contribution in [3.8, 4) is 6.07 Å². The first-order valence-corrected chi connectivity index (χ1v) is 5.61. The number of piperazine rings is 1. The topological polar surface area (TPSA) is 47.3 Å². The predicted molar refractivity (Wildman–Crippen MR) is 65.7 cm³/mol. The lowest BCUT2D eigenvalue weighted by Gasteiger charge is -2.33. The molecule has 4 nitrogen and oxygen atoms in total. The number of nitriles is 1. The van der Waals surface area contributed by atoms with Crippen LogP contribution in [0.3, 0.4) is 0 Å². The van der Waals surface area contributed by atoms with Crippen LogP contribution in [0.25, 0.3) is 0 Å². The first-order valence-electron chi connectivity index (χ1n) is 5.61. The van der Waals surface area contributed by atoms with Crippen LogP contribution >= 0.6 is 0 Å². The summed E-state index contributed by atoms with van der Waals surface area (Å²) in [4.78, 5) is 15.4. The molecule has 1 aromatic rings. The number of nitrogens with zero attached hydrogens (tertiary/aromatic N) is 3. The van der Waals surface area contributed by atoms with Gasteiger partial charge in [-0.3, -0.25) is 4.79 Å². The van der Waals surface area contributed by atoms with Gasteiger partial charge < -0.3 is 9.80 Å². The minimum atomic E-state index is 0.137. The first-order chi connectivity index (χ1) is 8.11. The van der Waals surface area contributed by atoms with Crippen molar-refractivity contribution in [2.24, 2.45) is 0 Å². The highest BCUT2D eigenvalue weighted by atomic mass is 16.2. The maximum Gasteiger partial charge on any atom is 0.241 e. The summed E-state index contributed by atoms with van der Waals surface area (Å²) in [5.74, 6) is 0.137. The van der Waals surface area contributed by atoms with E-state index in [-0.39, 0.29) is 5.91 Å². The molecular weight excluding hydrogens is 214 g/mol. The van der Waals surface area contributed by atoms with Crippen molar-refractivity contribution in [2.45, 2.75) is 6.92 Å². The molecule has 1 aromatic carbocycles. The van der Waals surface area contributed by atoms with E-state index in [2.05, 4.69) is 11.0 Å². The quantitative estimate of drug-likeness (QED) is 0.725. The Balaban J connectivity index is 2.21. The molecule has 0 saturated carbocycles. The van der Waals surface area contributed by atoms with Gasteiger partial charge in [-0.15, -0.1) is 0 Å². The Hall–Kier alpha value is -2.02. The summed E-state index contributed by atoms with van der Waals surface area (Å²) >= 11 is 0. The van der Waals surface area contributed by atoms with Crippen LogP contribution in [-0.2, 0) is 4.79 Å². The van der Waals surface area contributed by atoms with Gasteiger partial charge in [0.1, 0.15) is 0 Å². The van der Waals surface area contributed by atoms with Crippen molar-refractivity contribution in [2.75, 3.05) is 31.6 Å². The zero-order chi connectivity index (χ0) is 12.4. The summed E-state index contributed by atoms with van der Waals surface area (Å²) in [5.41, 5.74) is 2.66. The SMILES string of the molecule is Cc1cc(N2CCN(C)C(=O)C2)ccc1C#N. The number of carbonyl (C=O) groups is 1. The highest BCUT2D eigenvalue weighted by Gasteiger charge is 2.21. The Morgan fingerprint density at radius 3 is 2.71 bits per heavy atom. The second-order valence-electron chi connectivity index (χ2n) is 4.35. The fourth-order valence-electron chi connectivity index (χ4n) is 1.95. The second-order valence-corrected chi connectivity index (χ2v) is 4.35. The van der Waals surface area contributed by atoms with Gasteiger partial charge in [-0.2, -0.15) is 5.26 Å². The van der Waals surface area contributed by atoms with Gasteiger partial charge in [0.15, 0.2) is 0 Å². The van der Waals surface area contributed by atoms with Gasteiger partial charge in [-0.1, -0.05) is 0 Å². The summed E-state index contributed by atoms with van der Waals surface area (Å²) in [6.45, 7) is 3.92. The van der Waals surface area contributed by atoms with Crippen LogP contribution in [0.4, 0.5) is 5.69 Å². The Morgan fingerprint density at radius 1 is 1.35 bits per heavy atom. The van der Waals surface area contributed by atoms with Gasteiger partial charge in [0, 0.05) is 25.8 Å². The molecule has 17 heavy (non-hydrogen) atoms. The van der Waals surface area contributed by atoms with Crippen molar-refractivity contribution in [3.63, 3.8) is 0 Å². The lowest BCUT2D eigenvalue weighted by molar-refractivity contribution is -0.129. The molecule has 0 atom stereocenters. The summed E-state index contributed by atoms with van der Waals surface area (Å²) in [5, 5.41) is 8.87. The summed E-state index contributed by atoms with van der Waals surface area (Å²) < 4.78 is 0. The van der Waals surface area contributed by atoms with E-state index >= 15 is 0 Å². The molecule has 0 radical (unpaired) electrons. The smallest absolute Gasteiger partial charge is 0.241 e. The molecule has 1 heterocycles. The first kappa shape index (κ1) is 11.5. The molecule has 0 bridgehead atoms. The van der Waals surface area contributed by atoms with Crippen LogP contribution in [0.2, 0.25) is 0 Å². The zero-order valence-corrected chi connectivity index (χ0v) is 10.1. The van der Waals surface area contributed by atoms with E-state index < -0.39 is 0 Å². The zero-order valence-electron chi connectivity index (χ0n) is 10.1. The van der Waals surface area contributed by atoms with E-state index in [1.807, 2.05) is 32.2 Å². The normalized spacial score (nSPS) is 15.9. The Morgan fingerprint density at radius 2 is 2.12 bits per heavy atom. The molecule has 1 fully saturated rings. The predicted octanol–water partition coefficient (Wildman–Crippen LogP) is 1.15. The van der Waals surface area contributed by atoms with Crippen LogP contribution in [-0.4, -0.2) is 37.5 Å². The average Bonchev–Trinajstić information content (AvgIpc) is 2.32. The monoisotopic (exact) mass is 229 g/mol. The lowest BCUT2D eigenvalue weighted by atomic mass is 10.1. The van der Waals surface area contributed by atoms with Gasteiger partial charge in [0.2, 0.25) is 5.91 Å². The number of benzene rings is 1. The Kier molecular flexibility index (Phi) is 3.01. The van der Waals surface area contributed by atoms with Gasteiger partial charge in [0.25, 0.3) is 0 Å². The highest BCUT2D eigenvalue weighted by molar-refractivity contribution is 5.82. The number of amides is 1. The molecule has 1 amide bonds. The van der Waals surface area contributed by atoms with E-state index in [1.54, 1.807) is 4.90 Å². The van der Waals surface area contributed by atoms with Crippen molar-refractivity contribution in [3.05, 3.63) is 29.3 Å². The van der Waals surface area contributed by atoms with E-state index in [1.165, 1.54) is 0 Å². The van der Waals surface area contributed by atoms with Crippen LogP contribution in [0, 0.1) is 18.3 Å². The number of rotatable bonds is 1. The molecule has 88 valence electrons. The summed E-state index contributed by atoms with van der Waals surface area (Å²) in [6, 6.07) is 7.84. The summed E-state index contributed by atoms with van der Waals surface area (Å²) in [7, 11) is 1.82. The van der Waals surface area contributed by atoms with Crippen LogP contribution in [0.5, 0.6) is 0 Å². The van der Waals surface area contributed by atoms with E-state index in [0.29, 0.717) is 12.1 Å². The fraction of sp³-hybridized carbons (Fsp3) is 0.385. The molecule has 0 unspecified atom stereocenters.